The highest BCUT2D eigenvalue weighted by Crippen LogP contribution is 2.33. The maximum Gasteiger partial charge on any atom is 0.322 e. The van der Waals surface area contributed by atoms with Crippen molar-refractivity contribution in [3.05, 3.63) is 89.5 Å². The zero-order valence-electron chi connectivity index (χ0n) is 19.2. The largest absolute Gasteiger partial charge is 0.348 e. The van der Waals surface area contributed by atoms with Crippen molar-refractivity contribution in [1.29, 1.82) is 0 Å². The monoisotopic (exact) mass is 448 g/mol. The summed E-state index contributed by atoms with van der Waals surface area (Å²) in [5.74, 6) is -0.518. The molecule has 2 aromatic carbocycles. The Kier molecular flexibility index (Phi) is 6.49. The van der Waals surface area contributed by atoms with Crippen LogP contribution in [0.15, 0.2) is 66.9 Å². The van der Waals surface area contributed by atoms with Gasteiger partial charge in [0.05, 0.1) is 6.04 Å². The van der Waals surface area contributed by atoms with E-state index < -0.39 is 6.04 Å². The summed E-state index contributed by atoms with van der Waals surface area (Å²) in [6.45, 7) is 6.76. The van der Waals surface area contributed by atoms with Gasteiger partial charge in [0, 0.05) is 36.7 Å². The van der Waals surface area contributed by atoms with Crippen LogP contribution in [0, 0.1) is 12.7 Å². The molecule has 1 aromatic heterocycles. The number of fused-ring (bicyclic) bond motifs is 1. The fraction of sp³-hybridized carbons (Fsp3) is 0.308. The SMILES string of the molecule is Cc1ccccc1NC(=O)N(CC(=O)N1CCn2cccc2[C@@H]1c1cccc(F)c1)C(C)C. The number of nitrogens with zero attached hydrogens (tertiary/aromatic N) is 3. The fourth-order valence-corrected chi connectivity index (χ4v) is 4.31. The summed E-state index contributed by atoms with van der Waals surface area (Å²) >= 11 is 0. The molecule has 1 atom stereocenters. The van der Waals surface area contributed by atoms with E-state index in [2.05, 4.69) is 9.88 Å². The summed E-state index contributed by atoms with van der Waals surface area (Å²) in [5.41, 5.74) is 3.31. The topological polar surface area (TPSA) is 57.6 Å². The number of urea groups is 1. The number of hydrogen-bond donors (Lipinski definition) is 1. The Morgan fingerprint density at radius 1 is 1.09 bits per heavy atom. The molecular weight excluding hydrogens is 419 g/mol. The lowest BCUT2D eigenvalue weighted by molar-refractivity contribution is -0.134. The number of benzene rings is 2. The van der Waals surface area contributed by atoms with Gasteiger partial charge >= 0.3 is 6.03 Å². The lowest BCUT2D eigenvalue weighted by atomic mass is 9.99. The van der Waals surface area contributed by atoms with Gasteiger partial charge < -0.3 is 19.7 Å². The lowest BCUT2D eigenvalue weighted by Crippen LogP contribution is -2.50. The third kappa shape index (κ3) is 4.77. The summed E-state index contributed by atoms with van der Waals surface area (Å²) in [5, 5.41) is 2.92. The van der Waals surface area contributed by atoms with Gasteiger partial charge in [0.2, 0.25) is 5.91 Å². The summed E-state index contributed by atoms with van der Waals surface area (Å²) < 4.78 is 16.1. The van der Waals surface area contributed by atoms with E-state index in [4.69, 9.17) is 0 Å². The molecule has 6 nitrogen and oxygen atoms in total. The molecule has 0 fully saturated rings. The van der Waals surface area contributed by atoms with Crippen LogP contribution in [-0.4, -0.2) is 45.4 Å². The number of aryl methyl sites for hydroxylation is 1. The number of carbonyl (C=O) groups is 2. The van der Waals surface area contributed by atoms with Gasteiger partial charge in [0.1, 0.15) is 12.4 Å². The molecule has 4 rings (SSSR count). The highest BCUT2D eigenvalue weighted by Gasteiger charge is 2.34. The standard InChI is InChI=1S/C26H29FN4O2/c1-18(2)31(26(33)28-22-11-5-4-8-19(22)3)17-24(32)30-15-14-29-13-7-12-23(29)25(30)20-9-6-10-21(27)16-20/h4-13,16,18,25H,14-15,17H2,1-3H3,(H,28,33)/t25-/m0/s1. The van der Waals surface area contributed by atoms with Gasteiger partial charge in [-0.15, -0.1) is 0 Å². The van der Waals surface area contributed by atoms with Crippen molar-refractivity contribution in [3.8, 4) is 0 Å². The van der Waals surface area contributed by atoms with Gasteiger partial charge in [-0.2, -0.15) is 0 Å². The minimum Gasteiger partial charge on any atom is -0.348 e. The number of para-hydroxylation sites is 1. The number of carbonyl (C=O) groups excluding carboxylic acids is 2. The molecule has 33 heavy (non-hydrogen) atoms. The van der Waals surface area contributed by atoms with Crippen LogP contribution in [-0.2, 0) is 11.3 Å². The normalized spacial score (nSPS) is 15.3. The van der Waals surface area contributed by atoms with Crippen LogP contribution in [0.1, 0.15) is 36.7 Å². The molecule has 0 saturated heterocycles. The molecular formula is C26H29FN4O2. The minimum atomic E-state index is -0.412. The number of hydrogen-bond acceptors (Lipinski definition) is 2. The van der Waals surface area contributed by atoms with Crippen LogP contribution in [0.2, 0.25) is 0 Å². The first-order valence-electron chi connectivity index (χ1n) is 11.2. The van der Waals surface area contributed by atoms with E-state index in [0.29, 0.717) is 24.3 Å². The van der Waals surface area contributed by atoms with Crippen LogP contribution in [0.3, 0.4) is 0 Å². The average Bonchev–Trinajstić information content (AvgIpc) is 3.26. The fourth-order valence-electron chi connectivity index (χ4n) is 4.31. The lowest BCUT2D eigenvalue weighted by Gasteiger charge is -2.39. The van der Waals surface area contributed by atoms with E-state index in [1.807, 2.05) is 69.4 Å². The summed E-state index contributed by atoms with van der Waals surface area (Å²) in [6, 6.07) is 16.9. The molecule has 3 amide bonds. The molecule has 172 valence electrons. The van der Waals surface area contributed by atoms with Crippen LogP contribution in [0.25, 0.3) is 0 Å². The van der Waals surface area contributed by atoms with Crippen molar-refractivity contribution in [3.63, 3.8) is 0 Å². The van der Waals surface area contributed by atoms with E-state index in [9.17, 15) is 14.0 Å². The molecule has 0 radical (unpaired) electrons. The third-order valence-electron chi connectivity index (χ3n) is 6.10. The Morgan fingerprint density at radius 2 is 1.88 bits per heavy atom. The first kappa shape index (κ1) is 22.6. The molecule has 0 saturated carbocycles. The van der Waals surface area contributed by atoms with Crippen molar-refractivity contribution in [2.24, 2.45) is 0 Å². The van der Waals surface area contributed by atoms with Crippen molar-refractivity contribution in [1.82, 2.24) is 14.4 Å². The number of nitrogens with one attached hydrogen (secondary N) is 1. The van der Waals surface area contributed by atoms with Crippen molar-refractivity contribution >= 4 is 17.6 Å². The minimum absolute atomic E-state index is 0.0676. The van der Waals surface area contributed by atoms with Gasteiger partial charge in [0.25, 0.3) is 0 Å². The quantitative estimate of drug-likeness (QED) is 0.609. The van der Waals surface area contributed by atoms with Crippen molar-refractivity contribution < 1.29 is 14.0 Å². The molecule has 0 unspecified atom stereocenters. The highest BCUT2D eigenvalue weighted by atomic mass is 19.1. The van der Waals surface area contributed by atoms with Crippen LogP contribution < -0.4 is 5.32 Å². The second-order valence-corrected chi connectivity index (χ2v) is 8.64. The van der Waals surface area contributed by atoms with E-state index >= 15 is 0 Å². The van der Waals surface area contributed by atoms with E-state index in [-0.39, 0.29) is 30.3 Å². The van der Waals surface area contributed by atoms with E-state index in [1.165, 1.54) is 17.0 Å². The maximum atomic E-state index is 14.0. The number of amides is 3. The van der Waals surface area contributed by atoms with Crippen LogP contribution in [0.5, 0.6) is 0 Å². The number of halogens is 1. The Morgan fingerprint density at radius 3 is 2.61 bits per heavy atom. The van der Waals surface area contributed by atoms with Crippen molar-refractivity contribution in [2.45, 2.75) is 39.4 Å². The third-order valence-corrected chi connectivity index (χ3v) is 6.10. The Bertz CT molecular complexity index is 1160. The molecule has 7 heteroatoms. The Hall–Kier alpha value is -3.61. The highest BCUT2D eigenvalue weighted by molar-refractivity contribution is 5.93. The Labute approximate surface area is 193 Å². The predicted octanol–water partition coefficient (Wildman–Crippen LogP) is 4.81. The molecule has 1 aliphatic rings. The van der Waals surface area contributed by atoms with Crippen LogP contribution in [0.4, 0.5) is 14.9 Å². The molecule has 1 N–H and O–H groups in total. The first-order valence-corrected chi connectivity index (χ1v) is 11.2. The van der Waals surface area contributed by atoms with Gasteiger partial charge in [-0.05, 0) is 62.2 Å². The molecule has 0 spiro atoms. The number of rotatable bonds is 5. The predicted molar refractivity (Wildman–Crippen MR) is 126 cm³/mol. The number of aromatic nitrogens is 1. The van der Waals surface area contributed by atoms with Gasteiger partial charge in [-0.1, -0.05) is 30.3 Å². The van der Waals surface area contributed by atoms with Gasteiger partial charge in [-0.3, -0.25) is 4.79 Å². The Balaban J connectivity index is 1.58. The summed E-state index contributed by atoms with van der Waals surface area (Å²) in [6.07, 6.45) is 1.97. The first-order chi connectivity index (χ1) is 15.8. The smallest absolute Gasteiger partial charge is 0.322 e. The summed E-state index contributed by atoms with van der Waals surface area (Å²) in [4.78, 5) is 29.9. The van der Waals surface area contributed by atoms with E-state index in [1.54, 1.807) is 11.0 Å². The summed E-state index contributed by atoms with van der Waals surface area (Å²) in [7, 11) is 0. The molecule has 3 aromatic rings. The molecule has 0 aliphatic carbocycles. The molecule has 1 aliphatic heterocycles. The zero-order chi connectivity index (χ0) is 23.5. The molecule has 0 bridgehead atoms. The van der Waals surface area contributed by atoms with Gasteiger partial charge in [-0.25, -0.2) is 9.18 Å². The molecule has 2 heterocycles. The second-order valence-electron chi connectivity index (χ2n) is 8.64. The number of anilines is 1. The maximum absolute atomic E-state index is 14.0. The average molecular weight is 449 g/mol. The van der Waals surface area contributed by atoms with Crippen molar-refractivity contribution in [2.75, 3.05) is 18.4 Å². The second kappa shape index (κ2) is 9.48. The zero-order valence-corrected chi connectivity index (χ0v) is 19.2. The van der Waals surface area contributed by atoms with Gasteiger partial charge in [0.15, 0.2) is 0 Å². The van der Waals surface area contributed by atoms with Crippen LogP contribution >= 0.6 is 0 Å². The van der Waals surface area contributed by atoms with E-state index in [0.717, 1.165) is 11.3 Å².